The first-order chi connectivity index (χ1) is 6.73. The molecule has 84 valence electrons. The van der Waals surface area contributed by atoms with E-state index >= 15 is 0 Å². The minimum Gasteiger partial charge on any atom is -0.342 e. The highest BCUT2D eigenvalue weighted by atomic mass is 35.7. The second-order valence-corrected chi connectivity index (χ2v) is 5.35. The maximum atomic E-state index is 12.2. The normalized spacial score (nSPS) is 12.1. The molecular formula is C6H3Cl2F2NO3S. The number of H-pyrrole nitrogens is 1. The van der Waals surface area contributed by atoms with E-state index < -0.39 is 36.6 Å². The molecular weight excluding hydrogens is 275 g/mol. The standard InChI is InChI=1S/C6H3Cl2F2NO3S/c7-4-3(12)1-2(5(9)10)11-6(4)15(8,13)14/h1,5H,(H,11,12). The fourth-order valence-corrected chi connectivity index (χ4v) is 2.25. The minimum atomic E-state index is -4.36. The van der Waals surface area contributed by atoms with E-state index in [1.54, 1.807) is 4.98 Å². The molecule has 1 heterocycles. The van der Waals surface area contributed by atoms with Crippen LogP contribution in [0.2, 0.25) is 5.02 Å². The van der Waals surface area contributed by atoms with E-state index in [0.29, 0.717) is 6.07 Å². The van der Waals surface area contributed by atoms with Gasteiger partial charge in [0.15, 0.2) is 5.03 Å². The summed E-state index contributed by atoms with van der Waals surface area (Å²) in [7, 11) is 0.525. The summed E-state index contributed by atoms with van der Waals surface area (Å²) in [5.74, 6) is 0. The molecule has 0 amide bonds. The van der Waals surface area contributed by atoms with Crippen LogP contribution in [0.15, 0.2) is 15.9 Å². The van der Waals surface area contributed by atoms with Crippen LogP contribution in [0.4, 0.5) is 8.78 Å². The van der Waals surface area contributed by atoms with Gasteiger partial charge in [-0.2, -0.15) is 0 Å². The van der Waals surface area contributed by atoms with Crippen molar-refractivity contribution in [1.82, 2.24) is 4.98 Å². The SMILES string of the molecule is O=c1cc(C(F)F)[nH]c(S(=O)(=O)Cl)c1Cl. The predicted molar refractivity (Wildman–Crippen MR) is 50.1 cm³/mol. The first-order valence-electron chi connectivity index (χ1n) is 3.39. The first kappa shape index (κ1) is 12.4. The van der Waals surface area contributed by atoms with E-state index in [1.165, 1.54) is 0 Å². The number of aromatic nitrogens is 1. The Bertz CT molecular complexity index is 540. The molecule has 0 spiro atoms. The molecule has 1 aromatic heterocycles. The Morgan fingerprint density at radius 1 is 1.40 bits per heavy atom. The zero-order valence-electron chi connectivity index (χ0n) is 6.80. The Morgan fingerprint density at radius 3 is 2.33 bits per heavy atom. The van der Waals surface area contributed by atoms with E-state index in [1.807, 2.05) is 0 Å². The number of hydrogen-bond acceptors (Lipinski definition) is 3. The molecule has 0 unspecified atom stereocenters. The minimum absolute atomic E-state index is 0.512. The molecule has 0 saturated carbocycles. The summed E-state index contributed by atoms with van der Waals surface area (Å²) in [6, 6.07) is 0.512. The summed E-state index contributed by atoms with van der Waals surface area (Å²) in [5.41, 5.74) is -1.89. The molecule has 0 aromatic carbocycles. The number of nitrogens with one attached hydrogen (secondary N) is 1. The Hall–Kier alpha value is -0.660. The van der Waals surface area contributed by atoms with Crippen molar-refractivity contribution in [3.8, 4) is 0 Å². The number of hydrogen-bond donors (Lipinski definition) is 1. The van der Waals surface area contributed by atoms with Gasteiger partial charge in [0.1, 0.15) is 5.02 Å². The molecule has 0 atom stereocenters. The van der Waals surface area contributed by atoms with Crippen molar-refractivity contribution in [2.75, 3.05) is 0 Å². The maximum Gasteiger partial charge on any atom is 0.278 e. The summed E-state index contributed by atoms with van der Waals surface area (Å²) >= 11 is 5.30. The average molecular weight is 278 g/mol. The summed E-state index contributed by atoms with van der Waals surface area (Å²) in [6.45, 7) is 0. The van der Waals surface area contributed by atoms with Gasteiger partial charge in [0.25, 0.3) is 15.5 Å². The van der Waals surface area contributed by atoms with E-state index in [2.05, 4.69) is 0 Å². The molecule has 0 bridgehead atoms. The number of rotatable bonds is 2. The van der Waals surface area contributed by atoms with Crippen molar-refractivity contribution in [3.63, 3.8) is 0 Å². The smallest absolute Gasteiger partial charge is 0.278 e. The van der Waals surface area contributed by atoms with E-state index in [0.717, 1.165) is 0 Å². The molecule has 1 N–H and O–H groups in total. The second-order valence-electron chi connectivity index (χ2n) is 2.47. The van der Waals surface area contributed by atoms with Gasteiger partial charge >= 0.3 is 0 Å². The van der Waals surface area contributed by atoms with E-state index in [4.69, 9.17) is 22.3 Å². The predicted octanol–water partition coefficient (Wildman–Crippen LogP) is 1.89. The molecule has 0 aliphatic heterocycles. The molecule has 0 saturated heterocycles. The Morgan fingerprint density at radius 2 is 1.93 bits per heavy atom. The zero-order chi connectivity index (χ0) is 11.8. The molecule has 9 heteroatoms. The average Bonchev–Trinajstić information content (AvgIpc) is 2.06. The van der Waals surface area contributed by atoms with Gasteiger partial charge < -0.3 is 4.98 Å². The monoisotopic (exact) mass is 277 g/mol. The topological polar surface area (TPSA) is 67.0 Å². The van der Waals surface area contributed by atoms with Gasteiger partial charge in [0.05, 0.1) is 5.69 Å². The quantitative estimate of drug-likeness (QED) is 0.840. The lowest BCUT2D eigenvalue weighted by Crippen LogP contribution is -2.11. The van der Waals surface area contributed by atoms with Gasteiger partial charge in [-0.15, -0.1) is 0 Å². The van der Waals surface area contributed by atoms with Crippen LogP contribution in [0.3, 0.4) is 0 Å². The van der Waals surface area contributed by atoms with E-state index in [-0.39, 0.29) is 0 Å². The Labute approximate surface area is 92.2 Å². The van der Waals surface area contributed by atoms with Crippen molar-refractivity contribution in [3.05, 3.63) is 27.0 Å². The molecule has 0 aliphatic carbocycles. The summed E-state index contributed by atoms with van der Waals surface area (Å²) in [6.07, 6.45) is -3.02. The fraction of sp³-hybridized carbons (Fsp3) is 0.167. The maximum absolute atomic E-state index is 12.2. The number of pyridine rings is 1. The van der Waals surface area contributed by atoms with Gasteiger partial charge in [0.2, 0.25) is 5.43 Å². The molecule has 1 rings (SSSR count). The van der Waals surface area contributed by atoms with Crippen molar-refractivity contribution < 1.29 is 17.2 Å². The van der Waals surface area contributed by atoms with Crippen LogP contribution in [0, 0.1) is 0 Å². The lowest BCUT2D eigenvalue weighted by atomic mass is 10.3. The molecule has 1 aromatic rings. The first-order valence-corrected chi connectivity index (χ1v) is 6.07. The summed E-state index contributed by atoms with van der Waals surface area (Å²) in [5, 5.41) is -1.66. The molecule has 0 fully saturated rings. The van der Waals surface area contributed by atoms with Crippen LogP contribution in [-0.4, -0.2) is 13.4 Å². The highest BCUT2D eigenvalue weighted by molar-refractivity contribution is 8.13. The lowest BCUT2D eigenvalue weighted by Gasteiger charge is -2.04. The molecule has 0 aliphatic rings. The molecule has 4 nitrogen and oxygen atoms in total. The third-order valence-corrected chi connectivity index (χ3v) is 3.18. The van der Waals surface area contributed by atoms with Crippen molar-refractivity contribution >= 4 is 31.3 Å². The van der Waals surface area contributed by atoms with Crippen LogP contribution in [0.5, 0.6) is 0 Å². The molecule has 15 heavy (non-hydrogen) atoms. The van der Waals surface area contributed by atoms with Crippen molar-refractivity contribution in [2.45, 2.75) is 11.5 Å². The lowest BCUT2D eigenvalue weighted by molar-refractivity contribution is 0.145. The number of halogens is 4. The highest BCUT2D eigenvalue weighted by Gasteiger charge is 2.21. The molecule has 0 radical (unpaired) electrons. The van der Waals surface area contributed by atoms with Gasteiger partial charge in [0, 0.05) is 16.7 Å². The zero-order valence-corrected chi connectivity index (χ0v) is 9.13. The third-order valence-electron chi connectivity index (χ3n) is 1.44. The Balaban J connectivity index is 3.60. The van der Waals surface area contributed by atoms with Gasteiger partial charge in [-0.1, -0.05) is 11.6 Å². The van der Waals surface area contributed by atoms with Crippen LogP contribution in [0.1, 0.15) is 12.1 Å². The van der Waals surface area contributed by atoms with Crippen molar-refractivity contribution in [2.24, 2.45) is 0 Å². The number of alkyl halides is 2. The van der Waals surface area contributed by atoms with Crippen LogP contribution >= 0.6 is 22.3 Å². The van der Waals surface area contributed by atoms with E-state index in [9.17, 15) is 22.0 Å². The van der Waals surface area contributed by atoms with Crippen LogP contribution < -0.4 is 5.43 Å². The fourth-order valence-electron chi connectivity index (χ4n) is 0.824. The Kier molecular flexibility index (Phi) is 3.37. The van der Waals surface area contributed by atoms with Gasteiger partial charge in [-0.3, -0.25) is 4.79 Å². The van der Waals surface area contributed by atoms with Crippen molar-refractivity contribution in [1.29, 1.82) is 0 Å². The summed E-state index contributed by atoms with van der Waals surface area (Å²) < 4.78 is 46.1. The second kappa shape index (κ2) is 4.07. The van der Waals surface area contributed by atoms with Gasteiger partial charge in [-0.25, -0.2) is 17.2 Å². The largest absolute Gasteiger partial charge is 0.342 e. The number of aromatic amines is 1. The van der Waals surface area contributed by atoms with Crippen LogP contribution in [-0.2, 0) is 9.05 Å². The van der Waals surface area contributed by atoms with Gasteiger partial charge in [-0.05, 0) is 0 Å². The van der Waals surface area contributed by atoms with Crippen LogP contribution in [0.25, 0.3) is 0 Å². The highest BCUT2D eigenvalue weighted by Crippen LogP contribution is 2.23. The summed E-state index contributed by atoms with van der Waals surface area (Å²) in [4.78, 5) is 12.8. The third kappa shape index (κ3) is 2.67.